The van der Waals surface area contributed by atoms with Gasteiger partial charge in [-0.2, -0.15) is 0 Å². The normalized spacial score (nSPS) is 11.5. The number of halogens is 1. The molecule has 1 heterocycles. The second-order valence-electron chi connectivity index (χ2n) is 4.19. The van der Waals surface area contributed by atoms with Crippen molar-refractivity contribution in [2.75, 3.05) is 12.3 Å². The first-order chi connectivity index (χ1) is 9.92. The Labute approximate surface area is 136 Å². The predicted molar refractivity (Wildman–Crippen MR) is 88.1 cm³/mol. The second-order valence-corrected chi connectivity index (χ2v) is 7.84. The van der Waals surface area contributed by atoms with Crippen LogP contribution in [0.25, 0.3) is 0 Å². The van der Waals surface area contributed by atoms with E-state index in [1.54, 1.807) is 19.1 Å². The Bertz CT molecular complexity index is 729. The first-order valence-electron chi connectivity index (χ1n) is 6.17. The molecule has 2 rings (SSSR count). The molecule has 5 nitrogen and oxygen atoms in total. The maximum Gasteiger partial charge on any atom is 0.244 e. The van der Waals surface area contributed by atoms with Crippen molar-refractivity contribution in [1.82, 2.24) is 4.72 Å². The van der Waals surface area contributed by atoms with Gasteiger partial charge in [0.25, 0.3) is 0 Å². The number of ether oxygens (including phenoxy) is 1. The van der Waals surface area contributed by atoms with Crippen molar-refractivity contribution in [2.45, 2.75) is 18.4 Å². The molecule has 0 fully saturated rings. The van der Waals surface area contributed by atoms with Gasteiger partial charge < -0.3 is 10.5 Å². The van der Waals surface area contributed by atoms with E-state index < -0.39 is 10.0 Å². The molecule has 1 aromatic heterocycles. The van der Waals surface area contributed by atoms with Gasteiger partial charge in [-0.25, -0.2) is 13.1 Å². The van der Waals surface area contributed by atoms with Crippen molar-refractivity contribution < 1.29 is 13.2 Å². The number of hydrogen-bond acceptors (Lipinski definition) is 5. The van der Waals surface area contributed by atoms with Crippen molar-refractivity contribution in [3.63, 3.8) is 0 Å². The average molecular weight is 391 g/mol. The summed E-state index contributed by atoms with van der Waals surface area (Å²) < 4.78 is 33.7. The van der Waals surface area contributed by atoms with E-state index in [9.17, 15) is 8.42 Å². The fourth-order valence-electron chi connectivity index (χ4n) is 1.70. The van der Waals surface area contributed by atoms with Crippen LogP contribution in [0.4, 0.5) is 5.69 Å². The average Bonchev–Trinajstić information content (AvgIpc) is 2.85. The van der Waals surface area contributed by atoms with E-state index in [-0.39, 0.29) is 11.4 Å². The fourth-order valence-corrected chi connectivity index (χ4v) is 4.37. The lowest BCUT2D eigenvalue weighted by Gasteiger charge is -2.12. The molecule has 0 aliphatic heterocycles. The van der Waals surface area contributed by atoms with Crippen LogP contribution in [0.3, 0.4) is 0 Å². The highest BCUT2D eigenvalue weighted by Gasteiger charge is 2.20. The Kier molecular flexibility index (Phi) is 5.26. The Balaban J connectivity index is 2.24. The summed E-state index contributed by atoms with van der Waals surface area (Å²) in [5.74, 6) is 0.298. The van der Waals surface area contributed by atoms with Gasteiger partial charge in [-0.05, 0) is 47.1 Å². The highest BCUT2D eigenvalue weighted by atomic mass is 79.9. The van der Waals surface area contributed by atoms with Crippen LogP contribution < -0.4 is 15.2 Å². The molecule has 114 valence electrons. The van der Waals surface area contributed by atoms with Crippen LogP contribution >= 0.6 is 27.3 Å². The zero-order valence-electron chi connectivity index (χ0n) is 11.3. The van der Waals surface area contributed by atoms with Crippen LogP contribution in [-0.2, 0) is 16.6 Å². The summed E-state index contributed by atoms with van der Waals surface area (Å²) >= 11 is 4.81. The van der Waals surface area contributed by atoms with Gasteiger partial charge in [-0.3, -0.25) is 0 Å². The molecule has 1 aromatic carbocycles. The van der Waals surface area contributed by atoms with Gasteiger partial charge in [0.15, 0.2) is 0 Å². The van der Waals surface area contributed by atoms with Gasteiger partial charge in [0.1, 0.15) is 10.6 Å². The number of nitrogen functional groups attached to an aromatic ring is 1. The number of nitrogens with two attached hydrogens (primary N) is 1. The molecular weight excluding hydrogens is 376 g/mol. The quantitative estimate of drug-likeness (QED) is 0.742. The molecule has 0 saturated heterocycles. The molecule has 8 heteroatoms. The summed E-state index contributed by atoms with van der Waals surface area (Å²) in [6.07, 6.45) is 0. The van der Waals surface area contributed by atoms with E-state index in [2.05, 4.69) is 20.7 Å². The monoisotopic (exact) mass is 390 g/mol. The third-order valence-corrected chi connectivity index (χ3v) is 5.74. The molecule has 0 saturated carbocycles. The lowest BCUT2D eigenvalue weighted by atomic mass is 10.3. The van der Waals surface area contributed by atoms with Crippen molar-refractivity contribution in [1.29, 1.82) is 0 Å². The van der Waals surface area contributed by atoms with Crippen LogP contribution in [0, 0.1) is 0 Å². The van der Waals surface area contributed by atoms with E-state index >= 15 is 0 Å². The standard InChI is InChI=1S/C13H15BrN2O3S2/c1-2-19-12-4-3-10(15)6-13(12)21(17,18)16-7-11-5-9(14)8-20-11/h3-6,8,16H,2,7,15H2,1H3. The zero-order chi connectivity index (χ0) is 15.5. The molecule has 0 bridgehead atoms. The Morgan fingerprint density at radius 3 is 2.76 bits per heavy atom. The van der Waals surface area contributed by atoms with Gasteiger partial charge in [0.2, 0.25) is 10.0 Å². The Morgan fingerprint density at radius 2 is 2.14 bits per heavy atom. The third kappa shape index (κ3) is 4.19. The lowest BCUT2D eigenvalue weighted by Crippen LogP contribution is -2.23. The predicted octanol–water partition coefficient (Wildman–Crippen LogP) is 2.97. The van der Waals surface area contributed by atoms with Gasteiger partial charge in [0.05, 0.1) is 6.61 Å². The number of benzene rings is 1. The maximum atomic E-state index is 12.4. The summed E-state index contributed by atoms with van der Waals surface area (Å²) in [4.78, 5) is 0.965. The summed E-state index contributed by atoms with van der Waals surface area (Å²) in [7, 11) is -3.69. The number of sulfonamides is 1. The van der Waals surface area contributed by atoms with Crippen molar-refractivity contribution >= 4 is 43.0 Å². The number of nitrogens with one attached hydrogen (secondary N) is 1. The summed E-state index contributed by atoms with van der Waals surface area (Å²) in [6, 6.07) is 6.45. The first-order valence-corrected chi connectivity index (χ1v) is 9.33. The molecule has 0 unspecified atom stereocenters. The zero-order valence-corrected chi connectivity index (χ0v) is 14.5. The van der Waals surface area contributed by atoms with Crippen LogP contribution in [-0.4, -0.2) is 15.0 Å². The van der Waals surface area contributed by atoms with Gasteiger partial charge >= 0.3 is 0 Å². The molecule has 0 radical (unpaired) electrons. The van der Waals surface area contributed by atoms with E-state index in [1.807, 2.05) is 11.4 Å². The minimum absolute atomic E-state index is 0.0555. The minimum Gasteiger partial charge on any atom is -0.492 e. The largest absolute Gasteiger partial charge is 0.492 e. The molecule has 0 amide bonds. The molecular formula is C13H15BrN2O3S2. The SMILES string of the molecule is CCOc1ccc(N)cc1S(=O)(=O)NCc1cc(Br)cs1. The fraction of sp³-hybridized carbons (Fsp3) is 0.231. The second kappa shape index (κ2) is 6.78. The van der Waals surface area contributed by atoms with Crippen molar-refractivity contribution in [2.24, 2.45) is 0 Å². The van der Waals surface area contributed by atoms with Crippen LogP contribution in [0.1, 0.15) is 11.8 Å². The Hall–Kier alpha value is -1.09. The number of rotatable bonds is 6. The van der Waals surface area contributed by atoms with Gasteiger partial charge in [-0.15, -0.1) is 11.3 Å². The number of thiophene rings is 1. The molecule has 0 spiro atoms. The Morgan fingerprint density at radius 1 is 1.38 bits per heavy atom. The topological polar surface area (TPSA) is 81.4 Å². The molecule has 3 N–H and O–H groups in total. The first kappa shape index (κ1) is 16.3. The maximum absolute atomic E-state index is 12.4. The summed E-state index contributed by atoms with van der Waals surface area (Å²) in [6.45, 7) is 2.40. The van der Waals surface area contributed by atoms with E-state index in [4.69, 9.17) is 10.5 Å². The van der Waals surface area contributed by atoms with Crippen LogP contribution in [0.5, 0.6) is 5.75 Å². The molecule has 2 aromatic rings. The van der Waals surface area contributed by atoms with Crippen LogP contribution in [0.2, 0.25) is 0 Å². The number of anilines is 1. The molecule has 0 aliphatic rings. The van der Waals surface area contributed by atoms with Gasteiger partial charge in [-0.1, -0.05) is 0 Å². The van der Waals surface area contributed by atoms with Crippen molar-refractivity contribution in [3.8, 4) is 5.75 Å². The van der Waals surface area contributed by atoms with Crippen LogP contribution in [0.15, 0.2) is 39.0 Å². The van der Waals surface area contributed by atoms with E-state index in [0.717, 1.165) is 9.35 Å². The van der Waals surface area contributed by atoms with Crippen molar-refractivity contribution in [3.05, 3.63) is 39.0 Å². The van der Waals surface area contributed by atoms with Gasteiger partial charge in [0, 0.05) is 27.0 Å². The molecule has 0 atom stereocenters. The van der Waals surface area contributed by atoms with E-state index in [0.29, 0.717) is 18.0 Å². The molecule has 0 aliphatic carbocycles. The summed E-state index contributed by atoms with van der Waals surface area (Å²) in [5.41, 5.74) is 6.05. The molecule has 21 heavy (non-hydrogen) atoms. The minimum atomic E-state index is -3.69. The highest BCUT2D eigenvalue weighted by molar-refractivity contribution is 9.10. The summed E-state index contributed by atoms with van der Waals surface area (Å²) in [5, 5.41) is 1.90. The third-order valence-electron chi connectivity index (χ3n) is 2.62. The highest BCUT2D eigenvalue weighted by Crippen LogP contribution is 2.27. The van der Waals surface area contributed by atoms with E-state index in [1.165, 1.54) is 17.4 Å². The number of hydrogen-bond donors (Lipinski definition) is 2. The smallest absolute Gasteiger partial charge is 0.244 e. The lowest BCUT2D eigenvalue weighted by molar-refractivity contribution is 0.331.